The van der Waals surface area contributed by atoms with E-state index in [1.807, 2.05) is 12.3 Å². The van der Waals surface area contributed by atoms with E-state index in [2.05, 4.69) is 42.3 Å². The molecule has 0 unspecified atom stereocenters. The van der Waals surface area contributed by atoms with Crippen molar-refractivity contribution in [2.75, 3.05) is 25.0 Å². The van der Waals surface area contributed by atoms with E-state index in [0.29, 0.717) is 17.0 Å². The SMILES string of the molecule is N#CCCN1CCC(Nc2c(/C(N)=N/c3cc(F)ccc3Cl)cnn3cc(Br)cc23)CC1. The molecule has 166 valence electrons. The second-order valence-corrected chi connectivity index (χ2v) is 9.01. The summed E-state index contributed by atoms with van der Waals surface area (Å²) >= 11 is 9.68. The van der Waals surface area contributed by atoms with Gasteiger partial charge in [-0.25, -0.2) is 13.9 Å². The highest BCUT2D eigenvalue weighted by Gasteiger charge is 2.22. The molecule has 1 fully saturated rings. The topological polar surface area (TPSA) is 94.7 Å². The van der Waals surface area contributed by atoms with Crippen LogP contribution < -0.4 is 11.1 Å². The summed E-state index contributed by atoms with van der Waals surface area (Å²) < 4.78 is 16.3. The Labute approximate surface area is 198 Å². The van der Waals surface area contributed by atoms with Crippen LogP contribution in [0.25, 0.3) is 5.52 Å². The van der Waals surface area contributed by atoms with Crippen molar-refractivity contribution in [1.82, 2.24) is 14.5 Å². The van der Waals surface area contributed by atoms with Gasteiger partial charge >= 0.3 is 0 Å². The van der Waals surface area contributed by atoms with Gasteiger partial charge in [0.05, 0.1) is 39.7 Å². The van der Waals surface area contributed by atoms with Crippen molar-refractivity contribution in [3.05, 3.63) is 57.5 Å². The normalized spacial score (nSPS) is 15.8. The van der Waals surface area contributed by atoms with Gasteiger partial charge in [-0.05, 0) is 47.0 Å². The highest BCUT2D eigenvalue weighted by atomic mass is 79.9. The van der Waals surface area contributed by atoms with Crippen LogP contribution in [0.3, 0.4) is 0 Å². The maximum atomic E-state index is 13.7. The number of halogens is 3. The van der Waals surface area contributed by atoms with Gasteiger partial charge < -0.3 is 16.0 Å². The Bertz CT molecular complexity index is 1190. The minimum absolute atomic E-state index is 0.193. The van der Waals surface area contributed by atoms with Crippen molar-refractivity contribution >= 4 is 50.3 Å². The lowest BCUT2D eigenvalue weighted by molar-refractivity contribution is 0.223. The third kappa shape index (κ3) is 5.04. The van der Waals surface area contributed by atoms with Gasteiger partial charge in [-0.15, -0.1) is 0 Å². The van der Waals surface area contributed by atoms with E-state index in [4.69, 9.17) is 22.6 Å². The van der Waals surface area contributed by atoms with E-state index in [9.17, 15) is 4.39 Å². The summed E-state index contributed by atoms with van der Waals surface area (Å²) in [6.45, 7) is 2.64. The fraction of sp³-hybridized carbons (Fsp3) is 0.318. The molecule has 0 spiro atoms. The number of nitrogens with two attached hydrogens (primary N) is 1. The van der Waals surface area contributed by atoms with Gasteiger partial charge in [0.25, 0.3) is 0 Å². The summed E-state index contributed by atoms with van der Waals surface area (Å²) in [5.74, 6) is -0.245. The molecule has 3 N–H and O–H groups in total. The molecule has 1 aliphatic heterocycles. The lowest BCUT2D eigenvalue weighted by atomic mass is 10.0. The summed E-state index contributed by atoms with van der Waals surface area (Å²) in [6.07, 6.45) is 5.93. The molecule has 0 aliphatic carbocycles. The Morgan fingerprint density at radius 2 is 2.16 bits per heavy atom. The highest BCUT2D eigenvalue weighted by Crippen LogP contribution is 2.30. The number of nitriles is 1. The number of aliphatic imine (C=N–C) groups is 1. The molecule has 1 aromatic carbocycles. The lowest BCUT2D eigenvalue weighted by Gasteiger charge is -2.32. The van der Waals surface area contributed by atoms with Crippen molar-refractivity contribution < 1.29 is 4.39 Å². The molecule has 32 heavy (non-hydrogen) atoms. The van der Waals surface area contributed by atoms with Crippen LogP contribution in [-0.4, -0.2) is 46.0 Å². The first-order valence-corrected chi connectivity index (χ1v) is 11.4. The minimum atomic E-state index is -0.438. The quantitative estimate of drug-likeness (QED) is 0.364. The van der Waals surface area contributed by atoms with Crippen LogP contribution in [0.1, 0.15) is 24.8 Å². The number of fused-ring (bicyclic) bond motifs is 1. The molecule has 0 saturated carbocycles. The number of aromatic nitrogens is 2. The zero-order valence-corrected chi connectivity index (χ0v) is 19.6. The molecule has 1 saturated heterocycles. The Morgan fingerprint density at radius 1 is 1.38 bits per heavy atom. The van der Waals surface area contributed by atoms with Crippen LogP contribution in [0.2, 0.25) is 5.02 Å². The van der Waals surface area contributed by atoms with E-state index < -0.39 is 5.82 Å². The number of nitrogens with zero attached hydrogens (tertiary/aromatic N) is 5. The average Bonchev–Trinajstić information content (AvgIpc) is 3.16. The van der Waals surface area contributed by atoms with Gasteiger partial charge in [-0.3, -0.25) is 0 Å². The Kier molecular flexibility index (Phi) is 6.94. The minimum Gasteiger partial charge on any atom is -0.383 e. The molecule has 10 heteroatoms. The van der Waals surface area contributed by atoms with E-state index in [0.717, 1.165) is 48.2 Å². The molecule has 1 aliphatic rings. The van der Waals surface area contributed by atoms with Crippen LogP contribution >= 0.6 is 27.5 Å². The molecule has 4 rings (SSSR count). The van der Waals surface area contributed by atoms with Gasteiger partial charge in [0.1, 0.15) is 11.7 Å². The van der Waals surface area contributed by atoms with Crippen LogP contribution in [0, 0.1) is 17.1 Å². The number of likely N-dealkylation sites (tertiary alicyclic amines) is 1. The third-order valence-corrected chi connectivity index (χ3v) is 6.26. The number of benzene rings is 1. The number of anilines is 1. The predicted octanol–water partition coefficient (Wildman–Crippen LogP) is 4.72. The monoisotopic (exact) mass is 517 g/mol. The lowest BCUT2D eigenvalue weighted by Crippen LogP contribution is -2.39. The van der Waals surface area contributed by atoms with Crippen molar-refractivity contribution in [1.29, 1.82) is 5.26 Å². The smallest absolute Gasteiger partial charge is 0.135 e. The van der Waals surface area contributed by atoms with Crippen molar-refractivity contribution in [2.24, 2.45) is 10.7 Å². The highest BCUT2D eigenvalue weighted by molar-refractivity contribution is 9.10. The number of amidine groups is 1. The largest absolute Gasteiger partial charge is 0.383 e. The summed E-state index contributed by atoms with van der Waals surface area (Å²) in [5.41, 5.74) is 8.90. The van der Waals surface area contributed by atoms with Crippen LogP contribution in [0.5, 0.6) is 0 Å². The van der Waals surface area contributed by atoms with Gasteiger partial charge in [0.15, 0.2) is 0 Å². The molecule has 0 radical (unpaired) electrons. The van der Waals surface area contributed by atoms with Gasteiger partial charge in [-0.1, -0.05) is 11.6 Å². The first-order valence-electron chi connectivity index (χ1n) is 10.3. The zero-order valence-electron chi connectivity index (χ0n) is 17.2. The molecule has 3 heterocycles. The third-order valence-electron chi connectivity index (χ3n) is 5.50. The zero-order chi connectivity index (χ0) is 22.7. The van der Waals surface area contributed by atoms with Crippen LogP contribution in [0.4, 0.5) is 15.8 Å². The van der Waals surface area contributed by atoms with E-state index in [1.54, 1.807) is 10.7 Å². The maximum absolute atomic E-state index is 13.7. The summed E-state index contributed by atoms with van der Waals surface area (Å²) in [4.78, 5) is 6.69. The fourth-order valence-electron chi connectivity index (χ4n) is 3.85. The molecule has 2 aromatic heterocycles. The van der Waals surface area contributed by atoms with Crippen molar-refractivity contribution in [3.63, 3.8) is 0 Å². The van der Waals surface area contributed by atoms with Crippen molar-refractivity contribution in [3.8, 4) is 6.07 Å². The molecule has 7 nitrogen and oxygen atoms in total. The standard InChI is InChI=1S/C22H22BrClFN7/c23-14-10-20-21(29-16-4-8-31(9-5-16)7-1-6-26)17(12-28-32(20)13-14)22(27)30-19-11-15(25)2-3-18(19)24/h2-3,10-13,16,29H,1,4-5,7-9H2,(H2,27,30). The number of nitrogens with one attached hydrogen (secondary N) is 1. The van der Waals surface area contributed by atoms with E-state index >= 15 is 0 Å². The van der Waals surface area contributed by atoms with E-state index in [-0.39, 0.29) is 17.6 Å². The second-order valence-electron chi connectivity index (χ2n) is 7.68. The maximum Gasteiger partial charge on any atom is 0.135 e. The number of hydrogen-bond acceptors (Lipinski definition) is 5. The Balaban J connectivity index is 1.65. The van der Waals surface area contributed by atoms with E-state index in [1.165, 1.54) is 18.2 Å². The number of piperidine rings is 1. The second kappa shape index (κ2) is 9.86. The first-order chi connectivity index (χ1) is 15.4. The van der Waals surface area contributed by atoms with Gasteiger partial charge in [0, 0.05) is 48.8 Å². The van der Waals surface area contributed by atoms with Crippen molar-refractivity contribution in [2.45, 2.75) is 25.3 Å². The predicted molar refractivity (Wildman–Crippen MR) is 128 cm³/mol. The van der Waals surface area contributed by atoms with Crippen LogP contribution in [0.15, 0.2) is 46.1 Å². The molecular formula is C22H22BrClFN7. The Hall–Kier alpha value is -2.67. The molecule has 0 atom stereocenters. The van der Waals surface area contributed by atoms with Gasteiger partial charge in [-0.2, -0.15) is 10.4 Å². The fourth-order valence-corrected chi connectivity index (χ4v) is 4.42. The summed E-state index contributed by atoms with van der Waals surface area (Å²) in [7, 11) is 0. The van der Waals surface area contributed by atoms with Crippen LogP contribution in [-0.2, 0) is 0 Å². The number of hydrogen-bond donors (Lipinski definition) is 2. The molecule has 0 bridgehead atoms. The first kappa shape index (κ1) is 22.5. The molecule has 0 amide bonds. The molecular weight excluding hydrogens is 497 g/mol. The summed E-state index contributed by atoms with van der Waals surface area (Å²) in [6, 6.07) is 8.38. The average molecular weight is 519 g/mol. The van der Waals surface area contributed by atoms with Gasteiger partial charge in [0.2, 0.25) is 0 Å². The Morgan fingerprint density at radius 3 is 2.91 bits per heavy atom. The number of rotatable bonds is 6. The summed E-state index contributed by atoms with van der Waals surface area (Å²) in [5, 5.41) is 17.2. The molecule has 3 aromatic rings.